The van der Waals surface area contributed by atoms with E-state index in [9.17, 15) is 13.2 Å². The van der Waals surface area contributed by atoms with Gasteiger partial charge in [-0.15, -0.1) is 6.58 Å². The first-order valence-corrected chi connectivity index (χ1v) is 6.92. The Balaban J connectivity index is 2.06. The Kier molecular flexibility index (Phi) is 2.58. The van der Waals surface area contributed by atoms with Crippen LogP contribution in [0.3, 0.4) is 0 Å². The second-order valence-corrected chi connectivity index (χ2v) is 6.56. The van der Waals surface area contributed by atoms with Crippen molar-refractivity contribution in [1.29, 1.82) is 0 Å². The maximum absolute atomic E-state index is 11.8. The predicted molar refractivity (Wildman–Crippen MR) is 59.9 cm³/mol. The van der Waals surface area contributed by atoms with Crippen LogP contribution in [0.25, 0.3) is 0 Å². The molecule has 2 fully saturated rings. The van der Waals surface area contributed by atoms with Crippen molar-refractivity contribution in [3.05, 3.63) is 12.7 Å². The van der Waals surface area contributed by atoms with Gasteiger partial charge in [0.15, 0.2) is 0 Å². The predicted octanol–water partition coefficient (Wildman–Crippen LogP) is -0.112. The molecule has 2 unspecified atom stereocenters. The highest BCUT2D eigenvalue weighted by Gasteiger charge is 2.50. The molecule has 3 N–H and O–H groups in total. The Bertz CT molecular complexity index is 427. The highest BCUT2D eigenvalue weighted by Crippen LogP contribution is 2.38. The Morgan fingerprint density at radius 1 is 1.44 bits per heavy atom. The SMILES string of the molecule is C=CC1CCC1(N)C(=O)NS(=O)(=O)C1CC1. The van der Waals surface area contributed by atoms with Crippen molar-refractivity contribution in [2.45, 2.75) is 36.5 Å². The van der Waals surface area contributed by atoms with Crippen LogP contribution in [0.15, 0.2) is 12.7 Å². The highest BCUT2D eigenvalue weighted by atomic mass is 32.2. The van der Waals surface area contributed by atoms with Crippen molar-refractivity contribution in [3.8, 4) is 0 Å². The van der Waals surface area contributed by atoms with E-state index in [1.165, 1.54) is 0 Å². The van der Waals surface area contributed by atoms with Crippen molar-refractivity contribution < 1.29 is 13.2 Å². The van der Waals surface area contributed by atoms with E-state index in [-0.39, 0.29) is 5.92 Å². The quantitative estimate of drug-likeness (QED) is 0.675. The van der Waals surface area contributed by atoms with Crippen LogP contribution >= 0.6 is 0 Å². The summed E-state index contributed by atoms with van der Waals surface area (Å²) in [6, 6.07) is 0. The third-order valence-corrected chi connectivity index (χ3v) is 5.26. The van der Waals surface area contributed by atoms with Gasteiger partial charge in [0.05, 0.1) is 5.25 Å². The fraction of sp³-hybridized carbons (Fsp3) is 0.700. The Hall–Kier alpha value is -0.880. The topological polar surface area (TPSA) is 89.3 Å². The first kappa shape index (κ1) is 11.6. The van der Waals surface area contributed by atoms with E-state index in [4.69, 9.17) is 5.73 Å². The van der Waals surface area contributed by atoms with Crippen LogP contribution in [0.2, 0.25) is 0 Å². The zero-order valence-electron chi connectivity index (χ0n) is 8.98. The number of carbonyl (C=O) groups is 1. The van der Waals surface area contributed by atoms with E-state index in [1.54, 1.807) is 6.08 Å². The first-order valence-electron chi connectivity index (χ1n) is 5.37. The Morgan fingerprint density at radius 2 is 2.06 bits per heavy atom. The summed E-state index contributed by atoms with van der Waals surface area (Å²) in [6.45, 7) is 3.60. The van der Waals surface area contributed by atoms with Gasteiger partial charge in [-0.05, 0) is 25.7 Å². The van der Waals surface area contributed by atoms with Gasteiger partial charge in [0.25, 0.3) is 5.91 Å². The van der Waals surface area contributed by atoms with Gasteiger partial charge in [-0.25, -0.2) is 8.42 Å². The van der Waals surface area contributed by atoms with Gasteiger partial charge >= 0.3 is 0 Å². The number of rotatable bonds is 4. The number of nitrogens with two attached hydrogens (primary N) is 1. The van der Waals surface area contributed by atoms with Crippen LogP contribution in [0, 0.1) is 5.92 Å². The molecule has 2 atom stereocenters. The minimum atomic E-state index is -3.49. The lowest BCUT2D eigenvalue weighted by atomic mass is 9.67. The number of carbonyl (C=O) groups excluding carboxylic acids is 1. The van der Waals surface area contributed by atoms with Crippen LogP contribution < -0.4 is 10.5 Å². The van der Waals surface area contributed by atoms with Gasteiger partial charge < -0.3 is 5.73 Å². The van der Waals surface area contributed by atoms with E-state index >= 15 is 0 Å². The number of hydrogen-bond acceptors (Lipinski definition) is 4. The van der Waals surface area contributed by atoms with Gasteiger partial charge in [-0.3, -0.25) is 9.52 Å². The fourth-order valence-corrected chi connectivity index (χ4v) is 3.29. The van der Waals surface area contributed by atoms with Crippen molar-refractivity contribution in [2.75, 3.05) is 0 Å². The fourth-order valence-electron chi connectivity index (χ4n) is 1.92. The third kappa shape index (κ3) is 1.76. The molecular weight excluding hydrogens is 228 g/mol. The van der Waals surface area contributed by atoms with Gasteiger partial charge in [0, 0.05) is 5.92 Å². The Labute approximate surface area is 95.1 Å². The molecule has 2 aliphatic carbocycles. The monoisotopic (exact) mass is 244 g/mol. The van der Waals surface area contributed by atoms with Crippen molar-refractivity contribution in [1.82, 2.24) is 4.72 Å². The summed E-state index contributed by atoms with van der Waals surface area (Å²) in [5.74, 6) is -0.711. The lowest BCUT2D eigenvalue weighted by molar-refractivity contribution is -0.129. The molecule has 0 aromatic carbocycles. The molecule has 2 rings (SSSR count). The van der Waals surface area contributed by atoms with Crippen LogP contribution in [0.4, 0.5) is 0 Å². The molecule has 6 heteroatoms. The summed E-state index contributed by atoms with van der Waals surface area (Å²) in [5.41, 5.74) is 4.80. The standard InChI is InChI=1S/C10H16N2O3S/c1-2-7-5-6-10(7,11)9(13)12-16(14,15)8-3-4-8/h2,7-8H,1,3-6,11H2,(H,12,13). The molecule has 16 heavy (non-hydrogen) atoms. The summed E-state index contributed by atoms with van der Waals surface area (Å²) < 4.78 is 25.2. The molecule has 0 saturated heterocycles. The van der Waals surface area contributed by atoms with Crippen molar-refractivity contribution >= 4 is 15.9 Å². The molecule has 2 aliphatic rings. The second-order valence-electron chi connectivity index (χ2n) is 4.60. The summed E-state index contributed by atoms with van der Waals surface area (Å²) >= 11 is 0. The summed E-state index contributed by atoms with van der Waals surface area (Å²) in [4.78, 5) is 11.8. The highest BCUT2D eigenvalue weighted by molar-refractivity contribution is 7.90. The maximum Gasteiger partial charge on any atom is 0.254 e. The summed E-state index contributed by atoms with van der Waals surface area (Å²) in [5, 5.41) is -0.401. The van der Waals surface area contributed by atoms with Gasteiger partial charge in [0.2, 0.25) is 10.0 Å². The number of nitrogens with one attached hydrogen (secondary N) is 1. The Morgan fingerprint density at radius 3 is 2.44 bits per heavy atom. The molecule has 0 radical (unpaired) electrons. The smallest absolute Gasteiger partial charge is 0.254 e. The normalized spacial score (nSPS) is 33.9. The van der Waals surface area contributed by atoms with Crippen molar-refractivity contribution in [2.24, 2.45) is 11.7 Å². The number of sulfonamides is 1. The molecule has 0 heterocycles. The average molecular weight is 244 g/mol. The summed E-state index contributed by atoms with van der Waals surface area (Å²) in [6.07, 6.45) is 4.18. The molecule has 90 valence electrons. The van der Waals surface area contributed by atoms with E-state index < -0.39 is 26.7 Å². The zero-order valence-corrected chi connectivity index (χ0v) is 9.79. The molecular formula is C10H16N2O3S. The van der Waals surface area contributed by atoms with Gasteiger partial charge in [-0.2, -0.15) is 0 Å². The second kappa shape index (κ2) is 3.56. The number of hydrogen-bond donors (Lipinski definition) is 2. The third-order valence-electron chi connectivity index (χ3n) is 3.44. The van der Waals surface area contributed by atoms with Crippen LogP contribution in [0.1, 0.15) is 25.7 Å². The molecule has 0 spiro atoms. The van der Waals surface area contributed by atoms with Crippen molar-refractivity contribution in [3.63, 3.8) is 0 Å². The molecule has 1 amide bonds. The lowest BCUT2D eigenvalue weighted by Crippen LogP contribution is -2.64. The number of amides is 1. The van der Waals surface area contributed by atoms with Crippen LogP contribution in [-0.2, 0) is 14.8 Å². The molecule has 0 aromatic rings. The molecule has 0 bridgehead atoms. The minimum Gasteiger partial charge on any atom is -0.317 e. The van der Waals surface area contributed by atoms with Gasteiger partial charge in [0.1, 0.15) is 5.54 Å². The minimum absolute atomic E-state index is 0.123. The molecule has 2 saturated carbocycles. The van der Waals surface area contributed by atoms with Crippen LogP contribution in [-0.4, -0.2) is 25.1 Å². The van der Waals surface area contributed by atoms with Gasteiger partial charge in [-0.1, -0.05) is 6.08 Å². The van der Waals surface area contributed by atoms with E-state index in [2.05, 4.69) is 11.3 Å². The zero-order chi connectivity index (χ0) is 12.0. The lowest BCUT2D eigenvalue weighted by Gasteiger charge is -2.43. The van der Waals surface area contributed by atoms with E-state index in [1.807, 2.05) is 0 Å². The van der Waals surface area contributed by atoms with E-state index in [0.717, 1.165) is 6.42 Å². The summed E-state index contributed by atoms with van der Waals surface area (Å²) in [7, 11) is -3.49. The largest absolute Gasteiger partial charge is 0.317 e. The molecule has 5 nitrogen and oxygen atoms in total. The molecule has 0 aromatic heterocycles. The maximum atomic E-state index is 11.8. The van der Waals surface area contributed by atoms with E-state index in [0.29, 0.717) is 19.3 Å². The molecule has 0 aliphatic heterocycles. The first-order chi connectivity index (χ1) is 7.40. The van der Waals surface area contributed by atoms with Crippen LogP contribution in [0.5, 0.6) is 0 Å². The average Bonchev–Trinajstić information content (AvgIpc) is 2.97.